The summed E-state index contributed by atoms with van der Waals surface area (Å²) >= 11 is 0. The van der Waals surface area contributed by atoms with Gasteiger partial charge in [0, 0.05) is 18.0 Å². The van der Waals surface area contributed by atoms with E-state index in [2.05, 4.69) is 46.7 Å². The summed E-state index contributed by atoms with van der Waals surface area (Å²) < 4.78 is 3.04. The van der Waals surface area contributed by atoms with E-state index in [4.69, 9.17) is 0 Å². The minimum absolute atomic E-state index is 0.227. The first-order valence-electron chi connectivity index (χ1n) is 8.92. The third-order valence-electron chi connectivity index (χ3n) is 4.38. The number of fused-ring (bicyclic) bond motifs is 1. The number of nitrogens with one attached hydrogen (secondary N) is 1. The minimum atomic E-state index is 0.227. The standard InChI is InChI=1S/C19H13N11/c1-12-15(18-27-26-16(29(18)28-12)13-6-3-2-4-7-13)24-25-17-14(10-20)11-23-30(17)19-21-8-5-9-22-19/h2-9,11,27H,1H3/b25-24+. The monoisotopic (exact) mass is 395 g/mol. The van der Waals surface area contributed by atoms with Gasteiger partial charge in [-0.05, 0) is 13.0 Å². The number of hydrogen-bond donors (Lipinski definition) is 1. The van der Waals surface area contributed by atoms with Gasteiger partial charge in [-0.3, -0.25) is 5.10 Å². The lowest BCUT2D eigenvalue weighted by Crippen LogP contribution is -2.01. The predicted octanol–water partition coefficient (Wildman–Crippen LogP) is 3.30. The zero-order chi connectivity index (χ0) is 20.5. The van der Waals surface area contributed by atoms with Crippen molar-refractivity contribution in [3.63, 3.8) is 0 Å². The van der Waals surface area contributed by atoms with Gasteiger partial charge in [-0.1, -0.05) is 30.3 Å². The van der Waals surface area contributed by atoms with E-state index in [-0.39, 0.29) is 17.3 Å². The number of H-pyrrole nitrogens is 1. The molecule has 0 saturated heterocycles. The van der Waals surface area contributed by atoms with E-state index >= 15 is 0 Å². The van der Waals surface area contributed by atoms with Crippen LogP contribution < -0.4 is 0 Å². The Kier molecular flexibility index (Phi) is 4.07. The van der Waals surface area contributed by atoms with E-state index in [1.807, 2.05) is 37.3 Å². The first kappa shape index (κ1) is 17.4. The van der Waals surface area contributed by atoms with Crippen molar-refractivity contribution in [2.75, 3.05) is 0 Å². The molecule has 5 aromatic rings. The molecule has 11 nitrogen and oxygen atoms in total. The van der Waals surface area contributed by atoms with Crippen molar-refractivity contribution < 1.29 is 0 Å². The number of nitriles is 1. The summed E-state index contributed by atoms with van der Waals surface area (Å²) in [6, 6.07) is 13.5. The highest BCUT2D eigenvalue weighted by Crippen LogP contribution is 2.30. The van der Waals surface area contributed by atoms with E-state index < -0.39 is 0 Å². The maximum atomic E-state index is 9.41. The molecule has 11 heteroatoms. The Morgan fingerprint density at radius 3 is 2.63 bits per heavy atom. The lowest BCUT2D eigenvalue weighted by Gasteiger charge is -2.00. The molecule has 4 heterocycles. The normalized spacial score (nSPS) is 11.3. The largest absolute Gasteiger partial charge is 0.257 e. The van der Waals surface area contributed by atoms with E-state index in [1.165, 1.54) is 10.9 Å². The van der Waals surface area contributed by atoms with Crippen LogP contribution in [-0.4, -0.2) is 39.6 Å². The highest BCUT2D eigenvalue weighted by atomic mass is 15.4. The lowest BCUT2D eigenvalue weighted by molar-refractivity contribution is 0.803. The fraction of sp³-hybridized carbons (Fsp3) is 0.0526. The van der Waals surface area contributed by atoms with Gasteiger partial charge in [0.25, 0.3) is 5.95 Å². The van der Waals surface area contributed by atoms with E-state index in [1.54, 1.807) is 23.0 Å². The number of aryl methyl sites for hydroxylation is 1. The molecule has 0 saturated carbocycles. The molecule has 30 heavy (non-hydrogen) atoms. The molecular formula is C19H13N11. The molecule has 1 N–H and O–H groups in total. The van der Waals surface area contributed by atoms with Gasteiger partial charge in [-0.2, -0.15) is 29.8 Å². The zero-order valence-electron chi connectivity index (χ0n) is 15.7. The second kappa shape index (κ2) is 7.02. The molecule has 0 amide bonds. The highest BCUT2D eigenvalue weighted by molar-refractivity contribution is 5.70. The average molecular weight is 395 g/mol. The fourth-order valence-corrected chi connectivity index (χ4v) is 2.98. The molecule has 0 aliphatic heterocycles. The molecule has 4 aromatic heterocycles. The van der Waals surface area contributed by atoms with Crippen LogP contribution in [0.15, 0.2) is 65.2 Å². The van der Waals surface area contributed by atoms with Crippen molar-refractivity contribution in [1.29, 1.82) is 5.26 Å². The van der Waals surface area contributed by atoms with E-state index in [9.17, 15) is 5.26 Å². The zero-order valence-corrected chi connectivity index (χ0v) is 15.7. The van der Waals surface area contributed by atoms with Crippen LogP contribution in [0.25, 0.3) is 23.0 Å². The number of nitrogens with zero attached hydrogens (tertiary/aromatic N) is 10. The molecule has 1 aromatic carbocycles. The third-order valence-corrected chi connectivity index (χ3v) is 4.38. The Bertz CT molecular complexity index is 1400. The molecule has 0 spiro atoms. The second-order valence-electron chi connectivity index (χ2n) is 6.26. The maximum absolute atomic E-state index is 9.41. The smallest absolute Gasteiger partial charge is 0.252 e. The van der Waals surface area contributed by atoms with Crippen LogP contribution in [0.4, 0.5) is 11.5 Å². The highest BCUT2D eigenvalue weighted by Gasteiger charge is 2.18. The summed E-state index contributed by atoms with van der Waals surface area (Å²) in [5.41, 5.74) is 2.93. The number of hydrogen-bond acceptors (Lipinski definition) is 8. The van der Waals surface area contributed by atoms with Crippen molar-refractivity contribution in [3.05, 3.63) is 66.2 Å². The molecule has 144 valence electrons. The molecule has 0 atom stereocenters. The SMILES string of the molecule is Cc1nn2c(-c3ccccc3)n[nH]c2c1/N=N/c1c(C#N)cnn1-c1ncccn1. The van der Waals surface area contributed by atoms with Crippen LogP contribution in [0, 0.1) is 18.3 Å². The lowest BCUT2D eigenvalue weighted by atomic mass is 10.2. The molecule has 0 radical (unpaired) electrons. The number of rotatable bonds is 4. The van der Waals surface area contributed by atoms with Gasteiger partial charge < -0.3 is 0 Å². The molecule has 0 aliphatic rings. The first-order valence-corrected chi connectivity index (χ1v) is 8.92. The summed E-state index contributed by atoms with van der Waals surface area (Å²) in [6.07, 6.45) is 4.56. The van der Waals surface area contributed by atoms with Crippen LogP contribution in [-0.2, 0) is 0 Å². The van der Waals surface area contributed by atoms with Crippen molar-refractivity contribution in [3.8, 4) is 23.4 Å². The quantitative estimate of drug-likeness (QED) is 0.463. The summed E-state index contributed by atoms with van der Waals surface area (Å²) in [7, 11) is 0. The van der Waals surface area contributed by atoms with Gasteiger partial charge in [0.15, 0.2) is 23.0 Å². The predicted molar refractivity (Wildman–Crippen MR) is 106 cm³/mol. The van der Waals surface area contributed by atoms with Gasteiger partial charge >= 0.3 is 0 Å². The number of azo groups is 1. The van der Waals surface area contributed by atoms with Crippen molar-refractivity contribution in [1.82, 2.24) is 39.6 Å². The molecule has 0 fully saturated rings. The molecule has 0 unspecified atom stereocenters. The third kappa shape index (κ3) is 2.80. The van der Waals surface area contributed by atoms with Gasteiger partial charge in [-0.25, -0.2) is 9.97 Å². The van der Waals surface area contributed by atoms with Crippen LogP contribution in [0.2, 0.25) is 0 Å². The van der Waals surface area contributed by atoms with Crippen LogP contribution in [0.5, 0.6) is 0 Å². The van der Waals surface area contributed by atoms with Crippen LogP contribution in [0.3, 0.4) is 0 Å². The van der Waals surface area contributed by atoms with E-state index in [0.29, 0.717) is 22.9 Å². The fourth-order valence-electron chi connectivity index (χ4n) is 2.98. The maximum Gasteiger partial charge on any atom is 0.252 e. The summed E-state index contributed by atoms with van der Waals surface area (Å²) in [5, 5.41) is 34.0. The van der Waals surface area contributed by atoms with Gasteiger partial charge in [0.1, 0.15) is 11.6 Å². The minimum Gasteiger partial charge on any atom is -0.257 e. The summed E-state index contributed by atoms with van der Waals surface area (Å²) in [4.78, 5) is 8.30. The summed E-state index contributed by atoms with van der Waals surface area (Å²) in [6.45, 7) is 1.83. The van der Waals surface area contributed by atoms with Crippen molar-refractivity contribution in [2.45, 2.75) is 6.92 Å². The Morgan fingerprint density at radius 2 is 1.87 bits per heavy atom. The van der Waals surface area contributed by atoms with Crippen molar-refractivity contribution in [2.24, 2.45) is 10.2 Å². The van der Waals surface area contributed by atoms with Gasteiger partial charge in [0.05, 0.1) is 11.9 Å². The Hall–Kier alpha value is -4.72. The Morgan fingerprint density at radius 1 is 1.07 bits per heavy atom. The number of aromatic nitrogens is 8. The molecule has 0 bridgehead atoms. The second-order valence-corrected chi connectivity index (χ2v) is 6.26. The Balaban J connectivity index is 1.59. The molecular weight excluding hydrogens is 382 g/mol. The number of benzene rings is 1. The molecule has 5 rings (SSSR count). The van der Waals surface area contributed by atoms with Gasteiger partial charge in [0.2, 0.25) is 0 Å². The Labute approximate surface area is 169 Å². The van der Waals surface area contributed by atoms with Crippen LogP contribution in [0.1, 0.15) is 11.3 Å². The van der Waals surface area contributed by atoms with Crippen LogP contribution >= 0.6 is 0 Å². The number of aromatic amines is 1. The van der Waals surface area contributed by atoms with Gasteiger partial charge in [-0.15, -0.1) is 10.2 Å². The molecule has 0 aliphatic carbocycles. The van der Waals surface area contributed by atoms with E-state index in [0.717, 1.165) is 5.56 Å². The van der Waals surface area contributed by atoms with Crippen molar-refractivity contribution >= 4 is 17.2 Å². The summed E-state index contributed by atoms with van der Waals surface area (Å²) in [5.74, 6) is 1.18. The topological polar surface area (TPSA) is 138 Å². The average Bonchev–Trinajstić information content (AvgIpc) is 3.47. The first-order chi connectivity index (χ1) is 14.8.